The molecular formula is C27H22N4O2S. The molecule has 0 radical (unpaired) electrons. The zero-order chi connectivity index (χ0) is 23.3. The molecule has 3 heterocycles. The number of hydrogen-bond donors (Lipinski definition) is 1. The average molecular weight is 467 g/mol. The molecule has 0 atom stereocenters. The number of nitrogens with zero attached hydrogens (tertiary/aromatic N) is 3. The van der Waals surface area contributed by atoms with Gasteiger partial charge in [-0.25, -0.2) is 9.50 Å². The zero-order valence-electron chi connectivity index (χ0n) is 18.5. The molecule has 0 aliphatic rings. The molecule has 5 rings (SSSR count). The number of methoxy groups -OCH3 is 1. The van der Waals surface area contributed by atoms with E-state index in [9.17, 15) is 4.79 Å². The molecule has 0 saturated heterocycles. The van der Waals surface area contributed by atoms with Crippen LogP contribution < -0.4 is 10.1 Å². The fourth-order valence-corrected chi connectivity index (χ4v) is 4.36. The van der Waals surface area contributed by atoms with Gasteiger partial charge in [-0.1, -0.05) is 42.5 Å². The molecule has 0 aliphatic carbocycles. The number of hydrogen-bond acceptors (Lipinski definition) is 6. The fraction of sp³-hybridized carbons (Fsp3) is 0.0741. The van der Waals surface area contributed by atoms with E-state index in [-0.39, 0.29) is 5.78 Å². The number of ketones is 1. The van der Waals surface area contributed by atoms with Crippen LogP contribution in [0.4, 0.5) is 5.69 Å². The number of benzene rings is 2. The van der Waals surface area contributed by atoms with Crippen molar-refractivity contribution in [2.45, 2.75) is 0 Å². The van der Waals surface area contributed by atoms with Crippen LogP contribution >= 0.6 is 11.3 Å². The second-order valence-electron chi connectivity index (χ2n) is 7.57. The van der Waals surface area contributed by atoms with Gasteiger partial charge >= 0.3 is 0 Å². The van der Waals surface area contributed by atoms with Gasteiger partial charge in [0.2, 0.25) is 5.78 Å². The van der Waals surface area contributed by atoms with Gasteiger partial charge in [-0.15, -0.1) is 11.3 Å². The Labute approximate surface area is 201 Å². The minimum Gasteiger partial charge on any atom is -0.497 e. The molecule has 0 amide bonds. The van der Waals surface area contributed by atoms with Crippen LogP contribution in [0.1, 0.15) is 20.8 Å². The molecule has 2 aromatic carbocycles. The molecule has 0 aliphatic heterocycles. The fourth-order valence-electron chi connectivity index (χ4n) is 3.69. The average Bonchev–Trinajstić information content (AvgIpc) is 3.57. The lowest BCUT2D eigenvalue weighted by atomic mass is 10.1. The van der Waals surface area contributed by atoms with E-state index in [0.29, 0.717) is 22.6 Å². The summed E-state index contributed by atoms with van der Waals surface area (Å²) >= 11 is 1.42. The second-order valence-corrected chi connectivity index (χ2v) is 8.52. The van der Waals surface area contributed by atoms with Crippen molar-refractivity contribution >= 4 is 34.5 Å². The van der Waals surface area contributed by atoms with Crippen molar-refractivity contribution in [3.05, 3.63) is 107 Å². The molecule has 0 spiro atoms. The molecule has 0 unspecified atom stereocenters. The summed E-state index contributed by atoms with van der Waals surface area (Å²) in [7, 11) is 1.66. The van der Waals surface area contributed by atoms with E-state index in [1.807, 2.05) is 66.0 Å². The Morgan fingerprint density at radius 1 is 1.12 bits per heavy atom. The Hall–Kier alpha value is -4.23. The van der Waals surface area contributed by atoms with Gasteiger partial charge in [-0.2, -0.15) is 5.10 Å². The van der Waals surface area contributed by atoms with Crippen molar-refractivity contribution in [1.82, 2.24) is 14.6 Å². The first kappa shape index (κ1) is 21.6. The maximum Gasteiger partial charge on any atom is 0.208 e. The first-order chi connectivity index (χ1) is 16.7. The van der Waals surface area contributed by atoms with Crippen molar-refractivity contribution in [3.8, 4) is 17.0 Å². The van der Waals surface area contributed by atoms with Gasteiger partial charge in [0, 0.05) is 24.0 Å². The number of fused-ring (bicyclic) bond motifs is 1. The largest absolute Gasteiger partial charge is 0.497 e. The van der Waals surface area contributed by atoms with Crippen LogP contribution in [0.15, 0.2) is 90.6 Å². The van der Waals surface area contributed by atoms with Gasteiger partial charge < -0.3 is 10.1 Å². The van der Waals surface area contributed by atoms with E-state index < -0.39 is 0 Å². The Kier molecular flexibility index (Phi) is 6.18. The van der Waals surface area contributed by atoms with Gasteiger partial charge in [-0.3, -0.25) is 4.79 Å². The Bertz CT molecular complexity index is 1450. The number of carbonyl (C=O) groups is 1. The van der Waals surface area contributed by atoms with E-state index in [4.69, 9.17) is 4.74 Å². The highest BCUT2D eigenvalue weighted by Crippen LogP contribution is 2.25. The lowest BCUT2D eigenvalue weighted by Gasteiger charge is -2.08. The second kappa shape index (κ2) is 9.72. The van der Waals surface area contributed by atoms with Crippen LogP contribution in [0.25, 0.3) is 23.0 Å². The molecule has 0 saturated carbocycles. The van der Waals surface area contributed by atoms with Crippen LogP contribution in [0.5, 0.6) is 5.75 Å². The van der Waals surface area contributed by atoms with Crippen LogP contribution in [0.3, 0.4) is 0 Å². The van der Waals surface area contributed by atoms with E-state index >= 15 is 0 Å². The molecule has 1 N–H and O–H groups in total. The quantitative estimate of drug-likeness (QED) is 0.292. The van der Waals surface area contributed by atoms with Gasteiger partial charge in [0.15, 0.2) is 5.65 Å². The third-order valence-electron chi connectivity index (χ3n) is 5.40. The molecule has 7 heteroatoms. The summed E-state index contributed by atoms with van der Waals surface area (Å²) < 4.78 is 6.92. The molecule has 0 bridgehead atoms. The minimum absolute atomic E-state index is 0.0614. The van der Waals surface area contributed by atoms with E-state index in [1.165, 1.54) is 11.3 Å². The van der Waals surface area contributed by atoms with Crippen LogP contribution in [0, 0.1) is 0 Å². The molecule has 5 aromatic rings. The molecular weight excluding hydrogens is 444 g/mol. The van der Waals surface area contributed by atoms with Gasteiger partial charge in [0.05, 0.1) is 29.4 Å². The highest BCUT2D eigenvalue weighted by Gasteiger charge is 2.18. The molecule has 3 aromatic heterocycles. The SMILES string of the molecule is COc1ccc(C=CCNc2cccc(-c3ccnc4c(C(=O)c5cccs5)cnn34)c2)cc1. The molecule has 0 fully saturated rings. The summed E-state index contributed by atoms with van der Waals surface area (Å²) in [5, 5.41) is 9.79. The van der Waals surface area contributed by atoms with Crippen molar-refractivity contribution in [2.75, 3.05) is 19.0 Å². The van der Waals surface area contributed by atoms with E-state index in [1.54, 1.807) is 24.0 Å². The number of ether oxygens (including phenoxy) is 1. The lowest BCUT2D eigenvalue weighted by Crippen LogP contribution is -2.01. The number of rotatable bonds is 8. The van der Waals surface area contributed by atoms with Crippen LogP contribution in [-0.2, 0) is 0 Å². The molecule has 34 heavy (non-hydrogen) atoms. The summed E-state index contributed by atoms with van der Waals surface area (Å²) in [6, 6.07) is 21.6. The zero-order valence-corrected chi connectivity index (χ0v) is 19.3. The van der Waals surface area contributed by atoms with Crippen molar-refractivity contribution in [1.29, 1.82) is 0 Å². The lowest BCUT2D eigenvalue weighted by molar-refractivity contribution is 0.104. The summed E-state index contributed by atoms with van der Waals surface area (Å²) in [5.74, 6) is 0.784. The number of carbonyl (C=O) groups excluding carboxylic acids is 1. The van der Waals surface area contributed by atoms with Gasteiger partial charge in [0.25, 0.3) is 0 Å². The van der Waals surface area contributed by atoms with E-state index in [0.717, 1.165) is 28.3 Å². The first-order valence-electron chi connectivity index (χ1n) is 10.8. The van der Waals surface area contributed by atoms with Crippen molar-refractivity contribution < 1.29 is 9.53 Å². The van der Waals surface area contributed by atoms with Crippen LogP contribution in [0.2, 0.25) is 0 Å². The number of aromatic nitrogens is 3. The predicted molar refractivity (Wildman–Crippen MR) is 137 cm³/mol. The van der Waals surface area contributed by atoms with Crippen LogP contribution in [-0.4, -0.2) is 34.0 Å². The number of thiophene rings is 1. The molecule has 6 nitrogen and oxygen atoms in total. The smallest absolute Gasteiger partial charge is 0.208 e. The number of nitrogens with one attached hydrogen (secondary N) is 1. The first-order valence-corrected chi connectivity index (χ1v) is 11.7. The summed E-state index contributed by atoms with van der Waals surface area (Å²) in [5.41, 5.74) is 5.01. The normalized spacial score (nSPS) is 11.2. The summed E-state index contributed by atoms with van der Waals surface area (Å²) in [6.07, 6.45) is 7.46. The van der Waals surface area contributed by atoms with Crippen molar-refractivity contribution in [2.24, 2.45) is 0 Å². The Morgan fingerprint density at radius 3 is 2.79 bits per heavy atom. The minimum atomic E-state index is -0.0614. The van der Waals surface area contributed by atoms with Gasteiger partial charge in [-0.05, 0) is 47.3 Å². The topological polar surface area (TPSA) is 68.5 Å². The predicted octanol–water partition coefficient (Wildman–Crippen LogP) is 5.82. The Morgan fingerprint density at radius 2 is 2.00 bits per heavy atom. The van der Waals surface area contributed by atoms with Gasteiger partial charge in [0.1, 0.15) is 5.75 Å². The van der Waals surface area contributed by atoms with E-state index in [2.05, 4.69) is 33.6 Å². The number of anilines is 1. The van der Waals surface area contributed by atoms with Crippen molar-refractivity contribution in [3.63, 3.8) is 0 Å². The summed E-state index contributed by atoms with van der Waals surface area (Å²) in [6.45, 7) is 0.683. The highest BCUT2D eigenvalue weighted by molar-refractivity contribution is 7.12. The highest BCUT2D eigenvalue weighted by atomic mass is 32.1. The maximum absolute atomic E-state index is 12.9. The third kappa shape index (κ3) is 4.46. The summed E-state index contributed by atoms with van der Waals surface area (Å²) in [4.78, 5) is 18.0. The standard InChI is InChI=1S/C27H22N4O2S/c1-33-22-11-9-19(10-12-22)5-3-14-28-21-7-2-6-20(17-21)24-13-15-29-27-23(18-30-31(24)27)26(32)25-8-4-16-34-25/h2-13,15-18,28H,14H2,1H3. The Balaban J connectivity index is 1.34. The third-order valence-corrected chi connectivity index (χ3v) is 6.27. The maximum atomic E-state index is 12.9. The molecule has 168 valence electrons. The monoisotopic (exact) mass is 466 g/mol.